The molecule has 4 aliphatic heterocycles. The molecule has 4 saturated heterocycles. The minimum Gasteiger partial charge on any atom is -0.392 e. The second kappa shape index (κ2) is 10.6. The van der Waals surface area contributed by atoms with Crippen molar-refractivity contribution in [1.29, 1.82) is 0 Å². The van der Waals surface area contributed by atoms with E-state index in [-0.39, 0.29) is 35.7 Å². The molecule has 0 bridgehead atoms. The van der Waals surface area contributed by atoms with Gasteiger partial charge in [-0.05, 0) is 17.9 Å². The van der Waals surface area contributed by atoms with Crippen molar-refractivity contribution in [1.82, 2.24) is 0 Å². The van der Waals surface area contributed by atoms with Gasteiger partial charge in [-0.25, -0.2) is 0 Å². The molecule has 1 spiro atoms. The van der Waals surface area contributed by atoms with Gasteiger partial charge in [0.25, 0.3) is 0 Å². The second-order valence-electron chi connectivity index (χ2n) is 8.59. The van der Waals surface area contributed by atoms with Crippen LogP contribution >= 0.6 is 35.3 Å². The summed E-state index contributed by atoms with van der Waals surface area (Å²) in [6.45, 7) is 1.13. The van der Waals surface area contributed by atoms with Crippen LogP contribution in [0.5, 0.6) is 0 Å². The van der Waals surface area contributed by atoms with E-state index in [9.17, 15) is 9.90 Å². The Morgan fingerprint density at radius 2 is 1.77 bits per heavy atom. The molecule has 172 valence electrons. The van der Waals surface area contributed by atoms with Crippen LogP contribution in [-0.2, 0) is 23.7 Å². The first-order chi connectivity index (χ1) is 14.6. The van der Waals surface area contributed by atoms with Crippen LogP contribution in [0.15, 0.2) is 0 Å². The van der Waals surface area contributed by atoms with Crippen LogP contribution in [0.1, 0.15) is 12.8 Å². The van der Waals surface area contributed by atoms with Crippen LogP contribution in [0, 0.1) is 23.7 Å². The number of carbonyl (C=O) groups excluding carboxylic acids is 1. The molecular weight excluding hydrogens is 444 g/mol. The van der Waals surface area contributed by atoms with E-state index in [0.717, 1.165) is 41.6 Å². The first-order valence-corrected chi connectivity index (χ1v) is 14.4. The fourth-order valence-corrected chi connectivity index (χ4v) is 9.37. The zero-order chi connectivity index (χ0) is 21.1. The van der Waals surface area contributed by atoms with Gasteiger partial charge >= 0.3 is 0 Å². The molecule has 9 heteroatoms. The lowest BCUT2D eigenvalue weighted by atomic mass is 9.76. The number of rotatable bonds is 6. The highest BCUT2D eigenvalue weighted by Crippen LogP contribution is 2.45. The molecule has 0 unspecified atom stereocenters. The Kier molecular flexibility index (Phi) is 8.39. The Hall–Kier alpha value is 0.520. The Morgan fingerprint density at radius 3 is 2.50 bits per heavy atom. The van der Waals surface area contributed by atoms with Gasteiger partial charge in [0, 0.05) is 55.5 Å². The first-order valence-electron chi connectivity index (χ1n) is 10.9. The summed E-state index contributed by atoms with van der Waals surface area (Å²) in [5.74, 6) is 3.97. The molecule has 30 heavy (non-hydrogen) atoms. The molecule has 1 N–H and O–H groups in total. The average molecular weight is 479 g/mol. The number of ether oxygens (including phenoxy) is 4. The number of thioether (sulfide) groups is 3. The van der Waals surface area contributed by atoms with Gasteiger partial charge in [-0.15, -0.1) is 0 Å². The van der Waals surface area contributed by atoms with Crippen molar-refractivity contribution in [2.75, 3.05) is 62.0 Å². The van der Waals surface area contributed by atoms with E-state index < -0.39 is 17.8 Å². The highest BCUT2D eigenvalue weighted by atomic mass is 32.2. The Bertz CT molecular complexity index is 587. The maximum absolute atomic E-state index is 13.7. The van der Waals surface area contributed by atoms with Gasteiger partial charge in [0.2, 0.25) is 0 Å². The summed E-state index contributed by atoms with van der Waals surface area (Å²) in [7, 11) is 3.47. The van der Waals surface area contributed by atoms with Crippen LogP contribution in [0.4, 0.5) is 0 Å². The van der Waals surface area contributed by atoms with Gasteiger partial charge in [-0.3, -0.25) is 4.79 Å². The smallest absolute Gasteiger partial charge is 0.175 e. The van der Waals surface area contributed by atoms with Crippen molar-refractivity contribution >= 4 is 41.1 Å². The summed E-state index contributed by atoms with van der Waals surface area (Å²) in [5.41, 5.74) is 0. The van der Waals surface area contributed by atoms with E-state index in [0.29, 0.717) is 19.0 Å². The van der Waals surface area contributed by atoms with Gasteiger partial charge in [0.1, 0.15) is 5.78 Å². The van der Waals surface area contributed by atoms with Gasteiger partial charge in [0.05, 0.1) is 43.4 Å². The molecule has 0 aromatic heterocycles. The predicted octanol–water partition coefficient (Wildman–Crippen LogP) is 2.17. The summed E-state index contributed by atoms with van der Waals surface area (Å²) in [5, 5.41) is 11.4. The zero-order valence-electron chi connectivity index (χ0n) is 17.8. The number of hydrogen-bond donors (Lipinski definition) is 1. The number of aliphatic hydroxyl groups excluding tert-OH is 1. The SMILES string of the molecule is CO[C@@H]([C@@H]1CSCC[C@@H]1OC)[C@H]1CSC[C@H]([C@H](O)[C@H]2CSCCC23OCCO3)C1=O. The molecule has 4 aliphatic rings. The quantitative estimate of drug-likeness (QED) is 0.618. The Morgan fingerprint density at radius 1 is 1.03 bits per heavy atom. The Labute approximate surface area is 192 Å². The number of hydrogen-bond acceptors (Lipinski definition) is 9. The maximum atomic E-state index is 13.7. The van der Waals surface area contributed by atoms with E-state index >= 15 is 0 Å². The van der Waals surface area contributed by atoms with E-state index in [2.05, 4.69) is 0 Å². The average Bonchev–Trinajstić information content (AvgIpc) is 3.24. The van der Waals surface area contributed by atoms with Crippen LogP contribution in [0.25, 0.3) is 0 Å². The van der Waals surface area contributed by atoms with Crippen LogP contribution in [0.2, 0.25) is 0 Å². The summed E-state index contributed by atoms with van der Waals surface area (Å²) in [6, 6.07) is 0. The van der Waals surface area contributed by atoms with Crippen molar-refractivity contribution in [3.05, 3.63) is 0 Å². The number of Topliss-reactive ketones (excluding diaryl/α,β-unsaturated/α-hetero) is 1. The highest BCUT2D eigenvalue weighted by Gasteiger charge is 2.54. The molecule has 0 aliphatic carbocycles. The minimum absolute atomic E-state index is 0.123. The molecule has 0 aromatic rings. The maximum Gasteiger partial charge on any atom is 0.175 e. The van der Waals surface area contributed by atoms with Crippen molar-refractivity contribution in [3.63, 3.8) is 0 Å². The Balaban J connectivity index is 1.50. The standard InChI is InChI=1S/C21H34O6S3/c1-24-17-3-7-28-9-13(17)20(25-2)15-11-30-10-14(18(15)22)19(23)16-12-29-8-4-21(16)26-5-6-27-21/h13-17,19-20,23H,3-12H2,1-2H3/t13-,14+,15+,16-,17+,19+,20+/m1/s1. The molecule has 0 amide bonds. The van der Waals surface area contributed by atoms with Crippen molar-refractivity contribution in [3.8, 4) is 0 Å². The fourth-order valence-electron chi connectivity index (χ4n) is 5.47. The van der Waals surface area contributed by atoms with E-state index in [1.54, 1.807) is 26.0 Å². The zero-order valence-corrected chi connectivity index (χ0v) is 20.3. The lowest BCUT2D eigenvalue weighted by molar-refractivity contribution is -0.218. The topological polar surface area (TPSA) is 74.2 Å². The second-order valence-corrected chi connectivity index (χ2v) is 12.0. The molecule has 4 heterocycles. The number of methoxy groups -OCH3 is 2. The molecule has 4 rings (SSSR count). The lowest BCUT2D eigenvalue weighted by Gasteiger charge is -2.45. The summed E-state index contributed by atoms with van der Waals surface area (Å²) < 4.78 is 23.7. The number of carbonyl (C=O) groups is 1. The summed E-state index contributed by atoms with van der Waals surface area (Å²) >= 11 is 5.48. The van der Waals surface area contributed by atoms with Crippen LogP contribution in [-0.4, -0.2) is 96.9 Å². The third-order valence-corrected chi connectivity index (χ3v) is 10.5. The van der Waals surface area contributed by atoms with Gasteiger partial charge in [0.15, 0.2) is 5.79 Å². The molecule has 6 nitrogen and oxygen atoms in total. The number of aliphatic hydroxyl groups is 1. The number of ketones is 1. The minimum atomic E-state index is -0.754. The third-order valence-electron chi connectivity index (χ3n) is 7.11. The molecular formula is C21H34O6S3. The summed E-state index contributed by atoms with van der Waals surface area (Å²) in [4.78, 5) is 13.7. The molecule has 0 radical (unpaired) electrons. The van der Waals surface area contributed by atoms with Crippen LogP contribution in [0.3, 0.4) is 0 Å². The molecule has 0 saturated carbocycles. The largest absolute Gasteiger partial charge is 0.392 e. The fraction of sp³-hybridized carbons (Fsp3) is 0.952. The normalized spacial score (nSPS) is 39.2. The summed E-state index contributed by atoms with van der Waals surface area (Å²) in [6.07, 6.45) is 0.952. The molecule has 0 aromatic carbocycles. The third kappa shape index (κ3) is 4.60. The van der Waals surface area contributed by atoms with Crippen molar-refractivity contribution in [2.45, 2.75) is 36.9 Å². The molecule has 4 fully saturated rings. The van der Waals surface area contributed by atoms with Gasteiger partial charge in [-0.1, -0.05) is 0 Å². The molecule has 7 atom stereocenters. The first kappa shape index (κ1) is 23.7. The lowest BCUT2D eigenvalue weighted by Crippen LogP contribution is -2.56. The van der Waals surface area contributed by atoms with Crippen LogP contribution < -0.4 is 0 Å². The predicted molar refractivity (Wildman–Crippen MR) is 122 cm³/mol. The van der Waals surface area contributed by atoms with E-state index in [1.165, 1.54) is 0 Å². The van der Waals surface area contributed by atoms with E-state index in [4.69, 9.17) is 18.9 Å². The highest BCUT2D eigenvalue weighted by molar-refractivity contribution is 7.99. The van der Waals surface area contributed by atoms with Gasteiger partial charge < -0.3 is 24.1 Å². The monoisotopic (exact) mass is 478 g/mol. The van der Waals surface area contributed by atoms with Crippen molar-refractivity contribution < 1.29 is 28.8 Å². The van der Waals surface area contributed by atoms with Crippen molar-refractivity contribution in [2.24, 2.45) is 23.7 Å². The van der Waals surface area contributed by atoms with E-state index in [1.807, 2.05) is 23.5 Å². The van der Waals surface area contributed by atoms with Gasteiger partial charge in [-0.2, -0.15) is 35.3 Å².